The molecular formula is C17H18FNO. The summed E-state index contributed by atoms with van der Waals surface area (Å²) < 4.78 is 12.9. The Morgan fingerprint density at radius 2 is 1.55 bits per heavy atom. The number of carbonyl (C=O) groups is 1. The van der Waals surface area contributed by atoms with E-state index in [4.69, 9.17) is 0 Å². The minimum atomic E-state index is -0.244. The molecule has 3 heteroatoms. The first kappa shape index (κ1) is 14.3. The minimum Gasteiger partial charge on any atom is -0.326 e. The van der Waals surface area contributed by atoms with E-state index in [9.17, 15) is 9.18 Å². The molecule has 1 atom stereocenters. The predicted octanol–water partition coefficient (Wildman–Crippen LogP) is 4.48. The molecule has 0 radical (unpaired) electrons. The molecule has 2 aromatic carbocycles. The highest BCUT2D eigenvalue weighted by Gasteiger charge is 2.10. The quantitative estimate of drug-likeness (QED) is 0.873. The molecule has 0 aliphatic carbocycles. The van der Waals surface area contributed by atoms with Crippen molar-refractivity contribution in [3.63, 3.8) is 0 Å². The monoisotopic (exact) mass is 271 g/mol. The van der Waals surface area contributed by atoms with Crippen LogP contribution >= 0.6 is 0 Å². The van der Waals surface area contributed by atoms with Crippen LogP contribution < -0.4 is 5.32 Å². The van der Waals surface area contributed by atoms with Gasteiger partial charge in [0.1, 0.15) is 5.82 Å². The zero-order valence-corrected chi connectivity index (χ0v) is 11.7. The zero-order valence-electron chi connectivity index (χ0n) is 11.7. The second kappa shape index (κ2) is 6.33. The number of rotatable bonds is 4. The molecular weight excluding hydrogens is 253 g/mol. The maximum Gasteiger partial charge on any atom is 0.227 e. The maximum absolute atomic E-state index is 12.9. The lowest BCUT2D eigenvalue weighted by Gasteiger charge is -2.10. The fourth-order valence-corrected chi connectivity index (χ4v) is 1.84. The summed E-state index contributed by atoms with van der Waals surface area (Å²) in [6.07, 6.45) is 0.819. The van der Waals surface area contributed by atoms with Gasteiger partial charge >= 0.3 is 0 Å². The lowest BCUT2D eigenvalue weighted by Crippen LogP contribution is -2.19. The van der Waals surface area contributed by atoms with Crippen molar-refractivity contribution in [1.29, 1.82) is 0 Å². The van der Waals surface area contributed by atoms with Gasteiger partial charge in [-0.15, -0.1) is 0 Å². The summed E-state index contributed by atoms with van der Waals surface area (Å²) in [5.74, 6) is -0.208. The summed E-state index contributed by atoms with van der Waals surface area (Å²) in [7, 11) is 0. The van der Waals surface area contributed by atoms with E-state index in [0.29, 0.717) is 0 Å². The van der Waals surface area contributed by atoms with Crippen molar-refractivity contribution in [2.45, 2.75) is 20.3 Å². The van der Waals surface area contributed by atoms with Crippen molar-refractivity contribution < 1.29 is 9.18 Å². The molecule has 1 unspecified atom stereocenters. The van der Waals surface area contributed by atoms with Gasteiger partial charge in [0, 0.05) is 11.6 Å². The van der Waals surface area contributed by atoms with Crippen LogP contribution in [-0.4, -0.2) is 5.91 Å². The molecule has 0 saturated carbocycles. The lowest BCUT2D eigenvalue weighted by atomic mass is 10.0. The number of halogens is 1. The second-order valence-corrected chi connectivity index (χ2v) is 4.88. The third-order valence-corrected chi connectivity index (χ3v) is 3.39. The smallest absolute Gasteiger partial charge is 0.227 e. The van der Waals surface area contributed by atoms with Crippen LogP contribution in [0, 0.1) is 11.7 Å². The molecule has 0 aromatic heterocycles. The van der Waals surface area contributed by atoms with Crippen LogP contribution in [0.2, 0.25) is 0 Å². The first-order valence-corrected chi connectivity index (χ1v) is 6.77. The molecule has 2 aromatic rings. The van der Waals surface area contributed by atoms with E-state index < -0.39 is 0 Å². The van der Waals surface area contributed by atoms with Gasteiger partial charge in [-0.2, -0.15) is 0 Å². The van der Waals surface area contributed by atoms with Gasteiger partial charge in [-0.25, -0.2) is 4.39 Å². The van der Waals surface area contributed by atoms with Crippen molar-refractivity contribution in [3.05, 3.63) is 54.3 Å². The Kier molecular flexibility index (Phi) is 4.51. The summed E-state index contributed by atoms with van der Waals surface area (Å²) in [6.45, 7) is 3.89. The van der Waals surface area contributed by atoms with Crippen LogP contribution in [0.1, 0.15) is 20.3 Å². The number of amides is 1. The average molecular weight is 271 g/mol. The van der Waals surface area contributed by atoms with E-state index in [2.05, 4.69) is 5.32 Å². The molecule has 0 spiro atoms. The molecule has 1 N–H and O–H groups in total. The topological polar surface area (TPSA) is 29.1 Å². The van der Waals surface area contributed by atoms with Crippen molar-refractivity contribution >= 4 is 11.6 Å². The molecule has 2 nitrogen and oxygen atoms in total. The molecule has 0 fully saturated rings. The summed E-state index contributed by atoms with van der Waals surface area (Å²) in [5.41, 5.74) is 2.72. The number of hydrogen-bond donors (Lipinski definition) is 1. The van der Waals surface area contributed by atoms with Crippen LogP contribution in [0.25, 0.3) is 11.1 Å². The zero-order chi connectivity index (χ0) is 14.5. The Labute approximate surface area is 118 Å². The fourth-order valence-electron chi connectivity index (χ4n) is 1.84. The molecule has 0 heterocycles. The molecule has 0 aliphatic rings. The largest absolute Gasteiger partial charge is 0.326 e. The van der Waals surface area contributed by atoms with Gasteiger partial charge in [-0.3, -0.25) is 4.79 Å². The Balaban J connectivity index is 2.10. The second-order valence-electron chi connectivity index (χ2n) is 4.88. The molecule has 0 aliphatic heterocycles. The average Bonchev–Trinajstić information content (AvgIpc) is 2.48. The van der Waals surface area contributed by atoms with E-state index in [1.165, 1.54) is 12.1 Å². The van der Waals surface area contributed by atoms with E-state index in [1.54, 1.807) is 12.1 Å². The van der Waals surface area contributed by atoms with Gasteiger partial charge in [0.2, 0.25) is 5.91 Å². The van der Waals surface area contributed by atoms with Gasteiger partial charge in [0.05, 0.1) is 0 Å². The summed E-state index contributed by atoms with van der Waals surface area (Å²) in [5, 5.41) is 2.88. The molecule has 0 bridgehead atoms. The number of anilines is 1. The van der Waals surface area contributed by atoms with E-state index >= 15 is 0 Å². The van der Waals surface area contributed by atoms with Crippen LogP contribution in [0.4, 0.5) is 10.1 Å². The van der Waals surface area contributed by atoms with E-state index in [-0.39, 0.29) is 17.6 Å². The summed E-state index contributed by atoms with van der Waals surface area (Å²) in [4.78, 5) is 11.8. The van der Waals surface area contributed by atoms with Crippen molar-refractivity contribution in [2.75, 3.05) is 5.32 Å². The minimum absolute atomic E-state index is 0.00627. The van der Waals surface area contributed by atoms with Crippen molar-refractivity contribution in [1.82, 2.24) is 0 Å². The highest BCUT2D eigenvalue weighted by Crippen LogP contribution is 2.22. The Bertz CT molecular complexity index is 575. The maximum atomic E-state index is 12.9. The fraction of sp³-hybridized carbons (Fsp3) is 0.235. The number of carbonyl (C=O) groups excluding carboxylic acids is 1. The number of benzene rings is 2. The molecule has 1 amide bonds. The molecule has 20 heavy (non-hydrogen) atoms. The van der Waals surface area contributed by atoms with Crippen molar-refractivity contribution in [3.8, 4) is 11.1 Å². The highest BCUT2D eigenvalue weighted by molar-refractivity contribution is 5.92. The first-order valence-electron chi connectivity index (χ1n) is 6.77. The highest BCUT2D eigenvalue weighted by atomic mass is 19.1. The van der Waals surface area contributed by atoms with Gasteiger partial charge in [-0.1, -0.05) is 38.1 Å². The summed E-state index contributed by atoms with van der Waals surface area (Å²) >= 11 is 0. The Morgan fingerprint density at radius 1 is 1.05 bits per heavy atom. The van der Waals surface area contributed by atoms with Gasteiger partial charge in [-0.05, 0) is 41.8 Å². The third-order valence-electron chi connectivity index (χ3n) is 3.39. The van der Waals surface area contributed by atoms with Crippen LogP contribution in [0.3, 0.4) is 0 Å². The van der Waals surface area contributed by atoms with Crippen molar-refractivity contribution in [2.24, 2.45) is 5.92 Å². The predicted molar refractivity (Wildman–Crippen MR) is 79.9 cm³/mol. The normalized spacial score (nSPS) is 11.9. The summed E-state index contributed by atoms with van der Waals surface area (Å²) in [6, 6.07) is 13.9. The van der Waals surface area contributed by atoms with Crippen LogP contribution in [0.5, 0.6) is 0 Å². The van der Waals surface area contributed by atoms with E-state index in [1.807, 2.05) is 38.1 Å². The molecule has 0 saturated heterocycles. The van der Waals surface area contributed by atoms with Gasteiger partial charge in [0.15, 0.2) is 0 Å². The standard InChI is InChI=1S/C17H18FNO/c1-3-12(2)17(20)19-16-10-6-14(7-11-16)13-4-8-15(18)9-5-13/h4-12H,3H2,1-2H3,(H,19,20). The number of hydrogen-bond acceptors (Lipinski definition) is 1. The van der Waals surface area contributed by atoms with Crippen LogP contribution in [0.15, 0.2) is 48.5 Å². The third kappa shape index (κ3) is 3.44. The van der Waals surface area contributed by atoms with Crippen LogP contribution in [-0.2, 0) is 4.79 Å². The molecule has 2 rings (SSSR count). The van der Waals surface area contributed by atoms with Gasteiger partial charge in [0.25, 0.3) is 0 Å². The lowest BCUT2D eigenvalue weighted by molar-refractivity contribution is -0.119. The number of nitrogens with one attached hydrogen (secondary N) is 1. The SMILES string of the molecule is CCC(C)C(=O)Nc1ccc(-c2ccc(F)cc2)cc1. The van der Waals surface area contributed by atoms with E-state index in [0.717, 1.165) is 23.2 Å². The first-order chi connectivity index (χ1) is 9.60. The van der Waals surface area contributed by atoms with Gasteiger partial charge < -0.3 is 5.32 Å². The Hall–Kier alpha value is -2.16. The molecule has 104 valence electrons. The Morgan fingerprint density at radius 3 is 2.05 bits per heavy atom.